The van der Waals surface area contributed by atoms with Gasteiger partial charge < -0.3 is 15.0 Å². The van der Waals surface area contributed by atoms with Crippen molar-refractivity contribution < 1.29 is 14.3 Å². The number of piperidine rings is 1. The third kappa shape index (κ3) is 5.66. The van der Waals surface area contributed by atoms with Gasteiger partial charge in [-0.2, -0.15) is 0 Å². The van der Waals surface area contributed by atoms with Crippen LogP contribution in [-0.4, -0.2) is 47.3 Å². The smallest absolute Gasteiger partial charge is 0.258 e. The number of likely N-dealkylation sites (tertiary alicyclic amines) is 1. The average Bonchev–Trinajstić information content (AvgIpc) is 2.57. The fraction of sp³-hybridized carbons (Fsp3) is 0.529. The molecule has 0 radical (unpaired) electrons. The standard InChI is InChI=1S/C17H21Cl3N2O3/c1-10-7-13(8-11(2)15(10)18)25-9-14(23)21-12-3-5-22(6-4-12)17(24)16(19)20/h7-8,12,16H,3-6,9H2,1-2H3,(H,21,23). The van der Waals surface area contributed by atoms with Crippen LogP contribution in [0.3, 0.4) is 0 Å². The number of halogens is 3. The highest BCUT2D eigenvalue weighted by molar-refractivity contribution is 6.53. The summed E-state index contributed by atoms with van der Waals surface area (Å²) in [4.78, 5) is 24.3. The van der Waals surface area contributed by atoms with Gasteiger partial charge in [-0.1, -0.05) is 34.8 Å². The molecule has 1 aliphatic heterocycles. The van der Waals surface area contributed by atoms with E-state index in [4.69, 9.17) is 39.5 Å². The van der Waals surface area contributed by atoms with Crippen LogP contribution in [0.4, 0.5) is 0 Å². The lowest BCUT2D eigenvalue weighted by Gasteiger charge is -2.32. The number of benzene rings is 1. The zero-order valence-corrected chi connectivity index (χ0v) is 16.4. The predicted molar refractivity (Wildman–Crippen MR) is 99.7 cm³/mol. The summed E-state index contributed by atoms with van der Waals surface area (Å²) in [6.45, 7) is 4.77. The number of amides is 2. The topological polar surface area (TPSA) is 58.6 Å². The molecule has 1 N–H and O–H groups in total. The van der Waals surface area contributed by atoms with Crippen LogP contribution in [0, 0.1) is 13.8 Å². The highest BCUT2D eigenvalue weighted by Gasteiger charge is 2.26. The van der Waals surface area contributed by atoms with E-state index in [0.717, 1.165) is 11.1 Å². The van der Waals surface area contributed by atoms with Crippen molar-refractivity contribution in [2.75, 3.05) is 19.7 Å². The second-order valence-electron chi connectivity index (χ2n) is 6.13. The van der Waals surface area contributed by atoms with Crippen molar-refractivity contribution in [2.45, 2.75) is 37.6 Å². The highest BCUT2D eigenvalue weighted by Crippen LogP contribution is 2.25. The number of carbonyl (C=O) groups is 2. The van der Waals surface area contributed by atoms with Crippen LogP contribution >= 0.6 is 34.8 Å². The minimum Gasteiger partial charge on any atom is -0.484 e. The second kappa shape index (κ2) is 8.97. The van der Waals surface area contributed by atoms with Crippen LogP contribution in [0.25, 0.3) is 0 Å². The average molecular weight is 408 g/mol. The Bertz CT molecular complexity index is 621. The van der Waals surface area contributed by atoms with Gasteiger partial charge in [-0.3, -0.25) is 9.59 Å². The molecule has 1 fully saturated rings. The van der Waals surface area contributed by atoms with Crippen LogP contribution in [0.15, 0.2) is 12.1 Å². The Hall–Kier alpha value is -1.17. The number of nitrogens with zero attached hydrogens (tertiary/aromatic N) is 1. The van der Waals surface area contributed by atoms with Crippen molar-refractivity contribution in [3.63, 3.8) is 0 Å². The molecule has 0 spiro atoms. The Morgan fingerprint density at radius 2 is 1.80 bits per heavy atom. The maximum atomic E-state index is 12.1. The Labute approximate surface area is 162 Å². The van der Waals surface area contributed by atoms with Crippen molar-refractivity contribution >= 4 is 46.6 Å². The van der Waals surface area contributed by atoms with E-state index in [1.165, 1.54) is 0 Å². The molecule has 1 aliphatic rings. The minimum atomic E-state index is -1.04. The zero-order valence-electron chi connectivity index (χ0n) is 14.2. The fourth-order valence-corrected chi connectivity index (χ4v) is 3.18. The van der Waals surface area contributed by atoms with E-state index < -0.39 is 4.84 Å². The van der Waals surface area contributed by atoms with Crippen molar-refractivity contribution in [1.29, 1.82) is 0 Å². The van der Waals surface area contributed by atoms with Gasteiger partial charge in [0.25, 0.3) is 11.8 Å². The van der Waals surface area contributed by atoms with Crippen LogP contribution in [-0.2, 0) is 9.59 Å². The van der Waals surface area contributed by atoms with Gasteiger partial charge in [0.15, 0.2) is 11.4 Å². The Morgan fingerprint density at radius 3 is 2.32 bits per heavy atom. The first-order chi connectivity index (χ1) is 11.8. The van der Waals surface area contributed by atoms with Gasteiger partial charge in [-0.15, -0.1) is 0 Å². The Balaban J connectivity index is 1.77. The second-order valence-corrected chi connectivity index (χ2v) is 7.60. The lowest BCUT2D eigenvalue weighted by atomic mass is 10.1. The maximum absolute atomic E-state index is 12.1. The number of hydrogen-bond acceptors (Lipinski definition) is 3. The van der Waals surface area contributed by atoms with Crippen LogP contribution < -0.4 is 10.1 Å². The quantitative estimate of drug-likeness (QED) is 0.762. The van der Waals surface area contributed by atoms with Crippen molar-refractivity contribution in [3.05, 3.63) is 28.3 Å². The molecular formula is C17H21Cl3N2O3. The summed E-state index contributed by atoms with van der Waals surface area (Å²) in [5.74, 6) is 0.137. The van der Waals surface area contributed by atoms with Gasteiger partial charge in [-0.05, 0) is 49.9 Å². The van der Waals surface area contributed by atoms with E-state index in [-0.39, 0.29) is 24.5 Å². The summed E-state index contributed by atoms with van der Waals surface area (Å²) in [6.07, 6.45) is 1.33. The molecule has 0 atom stereocenters. The highest BCUT2D eigenvalue weighted by atomic mass is 35.5. The summed E-state index contributed by atoms with van der Waals surface area (Å²) >= 11 is 17.3. The minimum absolute atomic E-state index is 0.0120. The molecule has 5 nitrogen and oxygen atoms in total. The first kappa shape index (κ1) is 20.1. The molecule has 1 aromatic carbocycles. The van der Waals surface area contributed by atoms with E-state index in [0.29, 0.717) is 36.7 Å². The lowest BCUT2D eigenvalue weighted by molar-refractivity contribution is -0.130. The largest absolute Gasteiger partial charge is 0.484 e. The molecule has 2 rings (SSSR count). The predicted octanol–water partition coefficient (Wildman–Crippen LogP) is 3.25. The molecule has 0 aliphatic carbocycles. The van der Waals surface area contributed by atoms with Crippen LogP contribution in [0.2, 0.25) is 5.02 Å². The molecule has 138 valence electrons. The van der Waals surface area contributed by atoms with Gasteiger partial charge >= 0.3 is 0 Å². The number of rotatable bonds is 5. The Morgan fingerprint density at radius 1 is 1.24 bits per heavy atom. The first-order valence-electron chi connectivity index (χ1n) is 8.03. The fourth-order valence-electron chi connectivity index (χ4n) is 2.79. The number of aryl methyl sites for hydroxylation is 2. The molecule has 25 heavy (non-hydrogen) atoms. The zero-order chi connectivity index (χ0) is 18.6. The van der Waals surface area contributed by atoms with E-state index in [2.05, 4.69) is 5.32 Å². The molecule has 2 amide bonds. The molecule has 0 unspecified atom stereocenters. The number of carbonyl (C=O) groups excluding carboxylic acids is 2. The van der Waals surface area contributed by atoms with E-state index in [9.17, 15) is 9.59 Å². The molecular weight excluding hydrogens is 387 g/mol. The number of alkyl halides is 2. The lowest BCUT2D eigenvalue weighted by Crippen LogP contribution is -2.48. The summed E-state index contributed by atoms with van der Waals surface area (Å²) < 4.78 is 5.55. The summed E-state index contributed by atoms with van der Waals surface area (Å²) in [5, 5.41) is 3.63. The van der Waals surface area contributed by atoms with E-state index in [1.54, 1.807) is 17.0 Å². The van der Waals surface area contributed by atoms with E-state index >= 15 is 0 Å². The van der Waals surface area contributed by atoms with Gasteiger partial charge in [0.05, 0.1) is 0 Å². The van der Waals surface area contributed by atoms with Crippen molar-refractivity contribution in [2.24, 2.45) is 0 Å². The molecule has 1 aromatic rings. The summed E-state index contributed by atoms with van der Waals surface area (Å²) in [5.41, 5.74) is 1.82. The van der Waals surface area contributed by atoms with Gasteiger partial charge in [-0.25, -0.2) is 0 Å². The molecule has 8 heteroatoms. The maximum Gasteiger partial charge on any atom is 0.258 e. The summed E-state index contributed by atoms with van der Waals surface area (Å²) in [7, 11) is 0. The summed E-state index contributed by atoms with van der Waals surface area (Å²) in [6, 6.07) is 3.63. The third-order valence-electron chi connectivity index (χ3n) is 4.14. The molecule has 0 aromatic heterocycles. The SMILES string of the molecule is Cc1cc(OCC(=O)NC2CCN(C(=O)C(Cl)Cl)CC2)cc(C)c1Cl. The van der Waals surface area contributed by atoms with Crippen molar-refractivity contribution in [1.82, 2.24) is 10.2 Å². The van der Waals surface area contributed by atoms with Gasteiger partial charge in [0.2, 0.25) is 0 Å². The molecule has 1 heterocycles. The molecule has 0 saturated carbocycles. The number of ether oxygens (including phenoxy) is 1. The van der Waals surface area contributed by atoms with Crippen LogP contribution in [0.5, 0.6) is 5.75 Å². The van der Waals surface area contributed by atoms with E-state index in [1.807, 2.05) is 13.8 Å². The first-order valence-corrected chi connectivity index (χ1v) is 9.29. The number of nitrogens with one attached hydrogen (secondary N) is 1. The third-order valence-corrected chi connectivity index (χ3v) is 5.11. The van der Waals surface area contributed by atoms with Gasteiger partial charge in [0, 0.05) is 24.2 Å². The van der Waals surface area contributed by atoms with Crippen LogP contribution in [0.1, 0.15) is 24.0 Å². The molecule has 1 saturated heterocycles. The monoisotopic (exact) mass is 406 g/mol. The Kier molecular flexibility index (Phi) is 7.23. The van der Waals surface area contributed by atoms with Crippen molar-refractivity contribution in [3.8, 4) is 5.75 Å². The number of hydrogen-bond donors (Lipinski definition) is 1. The molecule has 0 bridgehead atoms. The van der Waals surface area contributed by atoms with Gasteiger partial charge in [0.1, 0.15) is 5.75 Å². The normalized spacial score (nSPS) is 15.4.